The van der Waals surface area contributed by atoms with Gasteiger partial charge in [0.05, 0.1) is 12.1 Å². The van der Waals surface area contributed by atoms with Gasteiger partial charge >= 0.3 is 0 Å². The topological polar surface area (TPSA) is 90.7 Å². The minimum atomic E-state index is -3.36. The first-order valence-corrected chi connectivity index (χ1v) is 10.8. The molecule has 0 aromatic carbocycles. The van der Waals surface area contributed by atoms with E-state index in [1.807, 2.05) is 11.7 Å². The Labute approximate surface area is 154 Å². The smallest absolute Gasteiger partial charge is 0.282 e. The van der Waals surface area contributed by atoms with E-state index in [0.29, 0.717) is 45.3 Å². The molecule has 0 unspecified atom stereocenters. The summed E-state index contributed by atoms with van der Waals surface area (Å²) in [7, 11) is -1.33. The Morgan fingerprint density at radius 2 is 1.54 bits per heavy atom. The third kappa shape index (κ3) is 3.50. The van der Waals surface area contributed by atoms with Crippen LogP contribution in [0.2, 0.25) is 0 Å². The average Bonchev–Trinajstić information content (AvgIpc) is 3.38. The second kappa shape index (κ2) is 7.12. The molecule has 0 amide bonds. The quantitative estimate of drug-likeness (QED) is 0.655. The fourth-order valence-corrected chi connectivity index (χ4v) is 5.30. The summed E-state index contributed by atoms with van der Waals surface area (Å²) in [5, 5.41) is 12.2. The molecule has 3 fully saturated rings. The van der Waals surface area contributed by atoms with Gasteiger partial charge in [-0.15, -0.1) is 5.10 Å². The molecule has 1 aromatic heterocycles. The standard InChI is InChI=1S/C15H28N8O2S/c1-13(15-16-17-18-23(15)14-3-4-14)20-7-11-22(12-8-20)26(24,25)21-9-5-19(2)6-10-21/h13-14H,3-12H2,1-2H3/t13-/m0/s1. The first kappa shape index (κ1) is 18.2. The first-order chi connectivity index (χ1) is 12.5. The lowest BCUT2D eigenvalue weighted by Gasteiger charge is -2.40. The van der Waals surface area contributed by atoms with Gasteiger partial charge in [-0.1, -0.05) is 0 Å². The van der Waals surface area contributed by atoms with Crippen molar-refractivity contribution in [2.45, 2.75) is 31.8 Å². The molecule has 0 N–H and O–H groups in total. The molecular formula is C15H28N8O2S. The fourth-order valence-electron chi connectivity index (χ4n) is 3.72. The van der Waals surface area contributed by atoms with Crippen molar-refractivity contribution >= 4 is 10.2 Å². The summed E-state index contributed by atoms with van der Waals surface area (Å²) in [5.74, 6) is 0.892. The normalized spacial score (nSPS) is 26.2. The molecule has 1 aliphatic carbocycles. The van der Waals surface area contributed by atoms with Gasteiger partial charge in [-0.05, 0) is 37.2 Å². The minimum Gasteiger partial charge on any atom is -0.304 e. The van der Waals surface area contributed by atoms with E-state index in [1.54, 1.807) is 8.61 Å². The van der Waals surface area contributed by atoms with Crippen LogP contribution in [0.5, 0.6) is 0 Å². The second-order valence-corrected chi connectivity index (χ2v) is 9.46. The van der Waals surface area contributed by atoms with E-state index in [1.165, 1.54) is 0 Å². The average molecular weight is 385 g/mol. The zero-order chi connectivity index (χ0) is 18.3. The molecule has 0 spiro atoms. The second-order valence-electron chi connectivity index (χ2n) is 7.53. The molecule has 1 atom stereocenters. The van der Waals surface area contributed by atoms with Crippen LogP contribution in [-0.2, 0) is 10.2 Å². The molecule has 2 aliphatic heterocycles. The van der Waals surface area contributed by atoms with E-state index in [9.17, 15) is 8.42 Å². The highest BCUT2D eigenvalue weighted by Gasteiger charge is 2.36. The number of rotatable bonds is 5. The summed E-state index contributed by atoms with van der Waals surface area (Å²) in [6.07, 6.45) is 2.28. The van der Waals surface area contributed by atoms with Crippen molar-refractivity contribution in [3.8, 4) is 0 Å². The van der Waals surface area contributed by atoms with Gasteiger partial charge in [-0.3, -0.25) is 4.90 Å². The lowest BCUT2D eigenvalue weighted by Crippen LogP contribution is -2.56. The number of aromatic nitrogens is 4. The lowest BCUT2D eigenvalue weighted by atomic mass is 10.2. The van der Waals surface area contributed by atoms with Gasteiger partial charge in [0, 0.05) is 52.4 Å². The number of hydrogen-bond donors (Lipinski definition) is 0. The Morgan fingerprint density at radius 1 is 0.962 bits per heavy atom. The fraction of sp³-hybridized carbons (Fsp3) is 0.933. The van der Waals surface area contributed by atoms with E-state index in [-0.39, 0.29) is 6.04 Å². The van der Waals surface area contributed by atoms with Crippen LogP contribution in [0.15, 0.2) is 0 Å². The van der Waals surface area contributed by atoms with Crippen molar-refractivity contribution in [2.24, 2.45) is 0 Å². The molecule has 26 heavy (non-hydrogen) atoms. The Kier molecular flexibility index (Phi) is 4.99. The molecule has 11 heteroatoms. The Hall–Kier alpha value is -1.14. The zero-order valence-corrected chi connectivity index (χ0v) is 16.3. The van der Waals surface area contributed by atoms with Gasteiger partial charge in [-0.2, -0.15) is 17.0 Å². The molecule has 146 valence electrons. The highest BCUT2D eigenvalue weighted by molar-refractivity contribution is 7.86. The molecule has 2 saturated heterocycles. The number of likely N-dealkylation sites (N-methyl/N-ethyl adjacent to an activating group) is 1. The van der Waals surface area contributed by atoms with E-state index >= 15 is 0 Å². The SMILES string of the molecule is C[C@@H](c1nnnn1C1CC1)N1CCN(S(=O)(=O)N2CCN(C)CC2)CC1. The van der Waals surface area contributed by atoms with Crippen LogP contribution < -0.4 is 0 Å². The van der Waals surface area contributed by atoms with Crippen LogP contribution >= 0.6 is 0 Å². The summed E-state index contributed by atoms with van der Waals surface area (Å²) in [6, 6.07) is 0.542. The predicted molar refractivity (Wildman–Crippen MR) is 95.6 cm³/mol. The predicted octanol–water partition coefficient (Wildman–Crippen LogP) is -0.821. The molecule has 3 aliphatic rings. The largest absolute Gasteiger partial charge is 0.304 e. The van der Waals surface area contributed by atoms with Gasteiger partial charge in [0.25, 0.3) is 10.2 Å². The van der Waals surface area contributed by atoms with Gasteiger partial charge in [0.15, 0.2) is 5.82 Å². The third-order valence-corrected chi connectivity index (χ3v) is 7.76. The summed E-state index contributed by atoms with van der Waals surface area (Å²) in [5.41, 5.74) is 0. The van der Waals surface area contributed by atoms with Crippen molar-refractivity contribution in [3.05, 3.63) is 5.82 Å². The maximum absolute atomic E-state index is 12.9. The third-order valence-electron chi connectivity index (χ3n) is 5.72. The number of nitrogens with zero attached hydrogens (tertiary/aromatic N) is 8. The van der Waals surface area contributed by atoms with Crippen LogP contribution in [0.25, 0.3) is 0 Å². The van der Waals surface area contributed by atoms with Gasteiger partial charge < -0.3 is 4.90 Å². The number of hydrogen-bond acceptors (Lipinski definition) is 7. The molecule has 1 aromatic rings. The summed E-state index contributed by atoms with van der Waals surface area (Å²) in [6.45, 7) is 7.28. The highest BCUT2D eigenvalue weighted by Crippen LogP contribution is 2.36. The van der Waals surface area contributed by atoms with Crippen molar-refractivity contribution < 1.29 is 8.42 Å². The van der Waals surface area contributed by atoms with E-state index < -0.39 is 10.2 Å². The molecule has 0 bridgehead atoms. The molecule has 4 rings (SSSR count). The molecular weight excluding hydrogens is 356 g/mol. The minimum absolute atomic E-state index is 0.0964. The summed E-state index contributed by atoms with van der Waals surface area (Å²) < 4.78 is 31.0. The van der Waals surface area contributed by atoms with E-state index in [2.05, 4.69) is 32.2 Å². The monoisotopic (exact) mass is 384 g/mol. The maximum atomic E-state index is 12.9. The molecule has 0 radical (unpaired) electrons. The van der Waals surface area contributed by atoms with E-state index in [4.69, 9.17) is 0 Å². The Bertz CT molecular complexity index is 718. The Balaban J connectivity index is 1.37. The zero-order valence-electron chi connectivity index (χ0n) is 15.5. The van der Waals surface area contributed by atoms with Crippen LogP contribution in [0.1, 0.15) is 37.7 Å². The van der Waals surface area contributed by atoms with Gasteiger partial charge in [0.1, 0.15) is 0 Å². The van der Waals surface area contributed by atoms with Crippen molar-refractivity contribution in [1.82, 2.24) is 38.6 Å². The van der Waals surface area contributed by atoms with Crippen LogP contribution in [0.3, 0.4) is 0 Å². The van der Waals surface area contributed by atoms with Crippen LogP contribution in [0.4, 0.5) is 0 Å². The lowest BCUT2D eigenvalue weighted by molar-refractivity contribution is 0.130. The van der Waals surface area contributed by atoms with Crippen molar-refractivity contribution in [2.75, 3.05) is 59.4 Å². The van der Waals surface area contributed by atoms with Gasteiger partial charge in [-0.25, -0.2) is 4.68 Å². The van der Waals surface area contributed by atoms with Crippen LogP contribution in [0, 0.1) is 0 Å². The first-order valence-electron chi connectivity index (χ1n) is 9.42. The summed E-state index contributed by atoms with van der Waals surface area (Å²) in [4.78, 5) is 4.44. The Morgan fingerprint density at radius 3 is 2.12 bits per heavy atom. The molecule has 10 nitrogen and oxygen atoms in total. The summed E-state index contributed by atoms with van der Waals surface area (Å²) >= 11 is 0. The highest BCUT2D eigenvalue weighted by atomic mass is 32.2. The molecule has 1 saturated carbocycles. The maximum Gasteiger partial charge on any atom is 0.282 e. The number of piperazine rings is 2. The number of tetrazole rings is 1. The molecule has 3 heterocycles. The van der Waals surface area contributed by atoms with Crippen molar-refractivity contribution in [1.29, 1.82) is 0 Å². The van der Waals surface area contributed by atoms with E-state index in [0.717, 1.165) is 31.8 Å². The van der Waals surface area contributed by atoms with Crippen molar-refractivity contribution in [3.63, 3.8) is 0 Å². The van der Waals surface area contributed by atoms with Gasteiger partial charge in [0.2, 0.25) is 0 Å². The van der Waals surface area contributed by atoms with Crippen LogP contribution in [-0.4, -0.2) is 106 Å².